The molecule has 7 heteroatoms. The fraction of sp³-hybridized carbons (Fsp3) is 0. The summed E-state index contributed by atoms with van der Waals surface area (Å²) in [5.41, 5.74) is 7.45. The summed E-state index contributed by atoms with van der Waals surface area (Å²) in [5, 5.41) is 12.4. The molecule has 0 spiro atoms. The van der Waals surface area contributed by atoms with Crippen LogP contribution in [0.2, 0.25) is 0 Å². The van der Waals surface area contributed by atoms with Gasteiger partial charge in [0, 0.05) is 5.69 Å². The first-order valence-electron chi connectivity index (χ1n) is 6.22. The summed E-state index contributed by atoms with van der Waals surface area (Å²) in [6, 6.07) is 8.39. The van der Waals surface area contributed by atoms with Gasteiger partial charge < -0.3 is 20.9 Å². The molecule has 0 aromatic heterocycles. The molecular weight excluding hydrogens is 416 g/mol. The van der Waals surface area contributed by atoms with Gasteiger partial charge in [-0.15, -0.1) is 0 Å². The zero-order valence-electron chi connectivity index (χ0n) is 11.1. The van der Waals surface area contributed by atoms with Gasteiger partial charge in [-0.1, -0.05) is 0 Å². The molecule has 0 unspecified atom stereocenters. The Labute approximate surface area is 143 Å². The fourth-order valence-corrected chi connectivity index (χ4v) is 3.22. The van der Waals surface area contributed by atoms with Crippen LogP contribution in [0.25, 0.3) is 6.08 Å². The van der Waals surface area contributed by atoms with Crippen LogP contribution in [-0.4, -0.2) is 11.0 Å². The number of phenolic OH excluding ortho intramolecular Hbond substituents is 1. The van der Waals surface area contributed by atoms with E-state index >= 15 is 0 Å². The van der Waals surface area contributed by atoms with E-state index in [1.54, 1.807) is 36.4 Å². The van der Waals surface area contributed by atoms with Crippen LogP contribution in [0.4, 0.5) is 11.4 Å². The number of anilines is 2. The van der Waals surface area contributed by atoms with Crippen LogP contribution >= 0.6 is 31.9 Å². The van der Waals surface area contributed by atoms with Crippen molar-refractivity contribution in [3.05, 3.63) is 50.6 Å². The Morgan fingerprint density at radius 2 is 1.86 bits per heavy atom. The molecule has 0 atom stereocenters. The first-order valence-corrected chi connectivity index (χ1v) is 7.81. The Morgan fingerprint density at radius 1 is 1.18 bits per heavy atom. The summed E-state index contributed by atoms with van der Waals surface area (Å²) in [6.07, 6.45) is 1.59. The van der Waals surface area contributed by atoms with Crippen LogP contribution in [0.5, 0.6) is 11.5 Å². The molecule has 5 nitrogen and oxygen atoms in total. The van der Waals surface area contributed by atoms with Crippen LogP contribution < -0.4 is 15.8 Å². The van der Waals surface area contributed by atoms with Crippen LogP contribution in [0.3, 0.4) is 0 Å². The normalized spacial score (nSPS) is 15.2. The van der Waals surface area contributed by atoms with E-state index < -0.39 is 0 Å². The highest BCUT2D eigenvalue weighted by Crippen LogP contribution is 2.36. The Morgan fingerprint density at radius 3 is 2.55 bits per heavy atom. The minimum Gasteiger partial charge on any atom is -0.506 e. The molecular formula is C15H10Br2N2O3. The predicted molar refractivity (Wildman–Crippen MR) is 91.6 cm³/mol. The maximum Gasteiger partial charge on any atom is 0.291 e. The Hall–Kier alpha value is -1.99. The largest absolute Gasteiger partial charge is 0.506 e. The monoisotopic (exact) mass is 424 g/mol. The molecule has 1 aliphatic heterocycles. The average Bonchev–Trinajstić information content (AvgIpc) is 2.45. The second-order valence-corrected chi connectivity index (χ2v) is 6.36. The summed E-state index contributed by atoms with van der Waals surface area (Å²) in [4.78, 5) is 12.1. The summed E-state index contributed by atoms with van der Waals surface area (Å²) < 4.78 is 6.64. The lowest BCUT2D eigenvalue weighted by Crippen LogP contribution is -2.23. The van der Waals surface area contributed by atoms with Gasteiger partial charge in [-0.25, -0.2) is 0 Å². The van der Waals surface area contributed by atoms with E-state index in [0.29, 0.717) is 31.6 Å². The third-order valence-corrected chi connectivity index (χ3v) is 4.24. The van der Waals surface area contributed by atoms with Crippen molar-refractivity contribution in [1.29, 1.82) is 0 Å². The zero-order chi connectivity index (χ0) is 15.9. The summed E-state index contributed by atoms with van der Waals surface area (Å²) in [7, 11) is 0. The molecule has 112 valence electrons. The highest BCUT2D eigenvalue weighted by molar-refractivity contribution is 9.11. The maximum atomic E-state index is 12.1. The summed E-state index contributed by atoms with van der Waals surface area (Å²) in [5.74, 6) is 0.411. The number of halogens is 2. The van der Waals surface area contributed by atoms with E-state index in [-0.39, 0.29) is 17.4 Å². The van der Waals surface area contributed by atoms with Crippen molar-refractivity contribution in [3.63, 3.8) is 0 Å². The molecule has 4 N–H and O–H groups in total. The lowest BCUT2D eigenvalue weighted by atomic mass is 10.1. The summed E-state index contributed by atoms with van der Waals surface area (Å²) >= 11 is 6.49. The van der Waals surface area contributed by atoms with E-state index in [9.17, 15) is 9.90 Å². The molecule has 1 aliphatic rings. The number of phenols is 1. The first-order chi connectivity index (χ1) is 10.4. The van der Waals surface area contributed by atoms with Crippen LogP contribution in [-0.2, 0) is 4.79 Å². The van der Waals surface area contributed by atoms with Crippen LogP contribution in [0, 0.1) is 0 Å². The number of ether oxygens (including phenoxy) is 1. The number of hydrogen-bond acceptors (Lipinski definition) is 4. The molecule has 0 saturated carbocycles. The number of carbonyl (C=O) groups is 1. The van der Waals surface area contributed by atoms with Crippen LogP contribution in [0.1, 0.15) is 5.56 Å². The minimum atomic E-state index is -0.363. The molecule has 0 radical (unpaired) electrons. The number of nitrogens with two attached hydrogens (primary N) is 1. The number of rotatable bonds is 1. The molecule has 0 bridgehead atoms. The number of hydrogen-bond donors (Lipinski definition) is 3. The number of nitrogens with one attached hydrogen (secondary N) is 1. The number of fused-ring (bicyclic) bond motifs is 1. The second kappa shape index (κ2) is 5.66. The van der Waals surface area contributed by atoms with Crippen molar-refractivity contribution in [2.75, 3.05) is 11.1 Å². The van der Waals surface area contributed by atoms with Crippen molar-refractivity contribution in [2.45, 2.75) is 0 Å². The van der Waals surface area contributed by atoms with E-state index in [1.807, 2.05) is 0 Å². The maximum absolute atomic E-state index is 12.1. The molecule has 2 aromatic carbocycles. The van der Waals surface area contributed by atoms with Gasteiger partial charge in [0.1, 0.15) is 5.75 Å². The molecule has 0 fully saturated rings. The van der Waals surface area contributed by atoms with Gasteiger partial charge in [-0.3, -0.25) is 4.79 Å². The van der Waals surface area contributed by atoms with Gasteiger partial charge in [0.15, 0.2) is 11.5 Å². The van der Waals surface area contributed by atoms with Gasteiger partial charge >= 0.3 is 0 Å². The molecule has 1 amide bonds. The fourth-order valence-electron chi connectivity index (χ4n) is 2.00. The van der Waals surface area contributed by atoms with Gasteiger partial charge in [-0.05, 0) is 73.8 Å². The van der Waals surface area contributed by atoms with Crippen LogP contribution in [0.15, 0.2) is 45.0 Å². The standard InChI is InChI=1S/C15H10Br2N2O3/c16-9-3-7(4-10(17)14(9)20)5-13-15(21)19-11-6-8(18)1-2-12(11)22-13/h1-6,20H,18H2,(H,19,21)/b13-5-. The highest BCUT2D eigenvalue weighted by atomic mass is 79.9. The summed E-state index contributed by atoms with van der Waals surface area (Å²) in [6.45, 7) is 0. The lowest BCUT2D eigenvalue weighted by molar-refractivity contribution is -0.115. The third kappa shape index (κ3) is 2.82. The minimum absolute atomic E-state index is 0.0944. The van der Waals surface area contributed by atoms with Gasteiger partial charge in [0.25, 0.3) is 5.91 Å². The van der Waals surface area contributed by atoms with Gasteiger partial charge in [-0.2, -0.15) is 0 Å². The molecule has 0 saturated heterocycles. The average molecular weight is 426 g/mol. The Kier molecular flexibility index (Phi) is 3.84. The zero-order valence-corrected chi connectivity index (χ0v) is 14.2. The molecule has 0 aliphatic carbocycles. The number of aromatic hydroxyl groups is 1. The molecule has 3 rings (SSSR count). The smallest absolute Gasteiger partial charge is 0.291 e. The number of benzene rings is 2. The van der Waals surface area contributed by atoms with Crippen molar-refractivity contribution >= 4 is 55.2 Å². The third-order valence-electron chi connectivity index (χ3n) is 3.03. The van der Waals surface area contributed by atoms with Gasteiger partial charge in [0.05, 0.1) is 14.6 Å². The SMILES string of the molecule is Nc1ccc2c(c1)NC(=O)/C(=C/c1cc(Br)c(O)c(Br)c1)O2. The Balaban J connectivity index is 1.99. The first kappa shape index (κ1) is 14.9. The predicted octanol–water partition coefficient (Wildman–Crippen LogP) is 3.87. The molecule has 22 heavy (non-hydrogen) atoms. The van der Waals surface area contributed by atoms with Gasteiger partial charge in [0.2, 0.25) is 0 Å². The second-order valence-electron chi connectivity index (χ2n) is 4.65. The van der Waals surface area contributed by atoms with Crippen molar-refractivity contribution in [1.82, 2.24) is 0 Å². The Bertz CT molecular complexity index is 795. The van der Waals surface area contributed by atoms with E-state index in [0.717, 1.165) is 0 Å². The van der Waals surface area contributed by atoms with E-state index in [4.69, 9.17) is 10.5 Å². The van der Waals surface area contributed by atoms with Crippen molar-refractivity contribution in [2.24, 2.45) is 0 Å². The number of amides is 1. The number of carbonyl (C=O) groups excluding carboxylic acids is 1. The van der Waals surface area contributed by atoms with E-state index in [2.05, 4.69) is 37.2 Å². The highest BCUT2D eigenvalue weighted by Gasteiger charge is 2.22. The van der Waals surface area contributed by atoms with Crippen molar-refractivity contribution < 1.29 is 14.6 Å². The molecule has 1 heterocycles. The molecule has 2 aromatic rings. The van der Waals surface area contributed by atoms with Crippen molar-refractivity contribution in [3.8, 4) is 11.5 Å². The lowest BCUT2D eigenvalue weighted by Gasteiger charge is -2.20. The number of nitrogen functional groups attached to an aromatic ring is 1. The topological polar surface area (TPSA) is 84.6 Å². The van der Waals surface area contributed by atoms with E-state index in [1.165, 1.54) is 0 Å². The quantitative estimate of drug-likeness (QED) is 0.478.